The highest BCUT2D eigenvalue weighted by Gasteiger charge is 2.30. The summed E-state index contributed by atoms with van der Waals surface area (Å²) in [5.41, 5.74) is -0.672. The number of hydrogen-bond donors (Lipinski definition) is 1. The molecule has 5 nitrogen and oxygen atoms in total. The molecule has 2 aromatic carbocycles. The normalized spacial score (nSPS) is 13.6. The molecular weight excluding hydrogens is 383 g/mol. The van der Waals surface area contributed by atoms with E-state index in [9.17, 15) is 21.6 Å². The van der Waals surface area contributed by atoms with Crippen molar-refractivity contribution in [1.82, 2.24) is 4.72 Å². The summed E-state index contributed by atoms with van der Waals surface area (Å²) in [6.45, 7) is 0.460. The number of nitrogens with one attached hydrogen (secondary N) is 1. The van der Waals surface area contributed by atoms with Gasteiger partial charge >= 0.3 is 6.18 Å². The first kappa shape index (κ1) is 19.1. The Morgan fingerprint density at radius 3 is 2.52 bits per heavy atom. The summed E-state index contributed by atoms with van der Waals surface area (Å²) in [6.07, 6.45) is -4.46. The molecule has 2 aromatic rings. The number of benzene rings is 2. The number of alkyl halides is 3. The Balaban J connectivity index is 1.68. The monoisotopic (exact) mass is 397 g/mol. The number of fused-ring (bicyclic) bond motifs is 1. The Hall–Kier alpha value is -2.70. The minimum atomic E-state index is -4.46. The fraction of sp³-hybridized carbons (Fsp3) is 0.222. The lowest BCUT2D eigenvalue weighted by Gasteiger charge is -2.18. The molecule has 142 valence electrons. The first-order chi connectivity index (χ1) is 12.8. The van der Waals surface area contributed by atoms with Gasteiger partial charge in [0.15, 0.2) is 11.5 Å². The predicted molar refractivity (Wildman–Crippen MR) is 90.9 cm³/mol. The molecule has 3 rings (SSSR count). The van der Waals surface area contributed by atoms with Crippen LogP contribution in [0.2, 0.25) is 0 Å². The maximum Gasteiger partial charge on any atom is 0.416 e. The second kappa shape index (κ2) is 7.50. The number of rotatable bonds is 3. The van der Waals surface area contributed by atoms with Crippen LogP contribution in [0.15, 0.2) is 47.4 Å². The summed E-state index contributed by atoms with van der Waals surface area (Å²) in [5.74, 6) is 5.81. The Bertz CT molecular complexity index is 1010. The third-order valence-corrected chi connectivity index (χ3v) is 5.00. The van der Waals surface area contributed by atoms with E-state index < -0.39 is 21.8 Å². The summed E-state index contributed by atoms with van der Waals surface area (Å²) in [4.78, 5) is -0.0207. The zero-order chi connectivity index (χ0) is 19.5. The zero-order valence-corrected chi connectivity index (χ0v) is 14.7. The first-order valence-corrected chi connectivity index (χ1v) is 9.29. The molecule has 0 fully saturated rings. The van der Waals surface area contributed by atoms with E-state index in [2.05, 4.69) is 16.6 Å². The third-order valence-electron chi connectivity index (χ3n) is 3.60. The van der Waals surface area contributed by atoms with E-state index in [1.54, 1.807) is 0 Å². The molecule has 0 saturated carbocycles. The van der Waals surface area contributed by atoms with Crippen LogP contribution in [-0.2, 0) is 16.2 Å². The van der Waals surface area contributed by atoms with Gasteiger partial charge in [-0.05, 0) is 30.3 Å². The highest BCUT2D eigenvalue weighted by molar-refractivity contribution is 7.89. The lowest BCUT2D eigenvalue weighted by Crippen LogP contribution is -2.24. The number of ether oxygens (including phenoxy) is 2. The highest BCUT2D eigenvalue weighted by atomic mass is 32.2. The predicted octanol–water partition coefficient (Wildman–Crippen LogP) is 2.81. The van der Waals surface area contributed by atoms with Crippen molar-refractivity contribution in [3.8, 4) is 23.3 Å². The van der Waals surface area contributed by atoms with Crippen LogP contribution in [0.5, 0.6) is 11.5 Å². The topological polar surface area (TPSA) is 64.6 Å². The van der Waals surface area contributed by atoms with Crippen molar-refractivity contribution < 1.29 is 31.1 Å². The molecule has 0 radical (unpaired) electrons. The van der Waals surface area contributed by atoms with Gasteiger partial charge in [0.05, 0.1) is 17.0 Å². The Labute approximate surface area is 154 Å². The largest absolute Gasteiger partial charge is 0.486 e. The SMILES string of the molecule is O=S(=O)(NCC#Cc1cccc(C(F)(F)F)c1)c1ccc2c(c1)OCCO2. The number of sulfonamides is 1. The second-order valence-corrected chi connectivity index (χ2v) is 7.28. The van der Waals surface area contributed by atoms with Crippen molar-refractivity contribution in [2.24, 2.45) is 0 Å². The minimum Gasteiger partial charge on any atom is -0.486 e. The summed E-state index contributed by atoms with van der Waals surface area (Å²) in [5, 5.41) is 0. The first-order valence-electron chi connectivity index (χ1n) is 7.81. The van der Waals surface area contributed by atoms with Crippen molar-refractivity contribution in [2.45, 2.75) is 11.1 Å². The van der Waals surface area contributed by atoms with Crippen LogP contribution in [0, 0.1) is 11.8 Å². The van der Waals surface area contributed by atoms with Crippen molar-refractivity contribution in [3.05, 3.63) is 53.6 Å². The van der Waals surface area contributed by atoms with Gasteiger partial charge in [0, 0.05) is 11.6 Å². The average Bonchev–Trinajstić information content (AvgIpc) is 2.64. The molecule has 1 heterocycles. The maximum atomic E-state index is 12.7. The van der Waals surface area contributed by atoms with E-state index in [0.29, 0.717) is 24.7 Å². The van der Waals surface area contributed by atoms with Gasteiger partial charge in [-0.2, -0.15) is 17.9 Å². The Kier molecular flexibility index (Phi) is 5.30. The van der Waals surface area contributed by atoms with Crippen LogP contribution in [0.4, 0.5) is 13.2 Å². The van der Waals surface area contributed by atoms with Crippen LogP contribution in [0.25, 0.3) is 0 Å². The van der Waals surface area contributed by atoms with Gasteiger partial charge in [0.25, 0.3) is 0 Å². The molecule has 0 atom stereocenters. The second-order valence-electron chi connectivity index (χ2n) is 5.51. The van der Waals surface area contributed by atoms with Crippen molar-refractivity contribution in [3.63, 3.8) is 0 Å². The molecule has 9 heteroatoms. The van der Waals surface area contributed by atoms with Gasteiger partial charge in [-0.1, -0.05) is 17.9 Å². The molecule has 0 unspecified atom stereocenters. The molecule has 0 aliphatic carbocycles. The van der Waals surface area contributed by atoms with E-state index >= 15 is 0 Å². The standard InChI is InChI=1S/C18H14F3NO4S/c19-18(20,21)14-5-1-3-13(11-14)4-2-8-22-27(23,24)15-6-7-16-17(12-15)26-10-9-25-16/h1,3,5-7,11-12,22H,8-10H2. The fourth-order valence-corrected chi connectivity index (χ4v) is 3.26. The van der Waals surface area contributed by atoms with Crippen LogP contribution in [0.1, 0.15) is 11.1 Å². The van der Waals surface area contributed by atoms with E-state index in [1.807, 2.05) is 0 Å². The van der Waals surface area contributed by atoms with Crippen LogP contribution in [0.3, 0.4) is 0 Å². The Morgan fingerprint density at radius 2 is 1.78 bits per heavy atom. The lowest BCUT2D eigenvalue weighted by atomic mass is 10.1. The maximum absolute atomic E-state index is 12.7. The Morgan fingerprint density at radius 1 is 1.04 bits per heavy atom. The summed E-state index contributed by atoms with van der Waals surface area (Å²) in [7, 11) is -3.85. The smallest absolute Gasteiger partial charge is 0.416 e. The van der Waals surface area contributed by atoms with Crippen molar-refractivity contribution in [1.29, 1.82) is 0 Å². The van der Waals surface area contributed by atoms with Crippen molar-refractivity contribution in [2.75, 3.05) is 19.8 Å². The average molecular weight is 397 g/mol. The fourth-order valence-electron chi connectivity index (χ4n) is 2.32. The van der Waals surface area contributed by atoms with E-state index in [0.717, 1.165) is 12.1 Å². The van der Waals surface area contributed by atoms with Gasteiger partial charge in [-0.3, -0.25) is 0 Å². The molecule has 1 aliphatic rings. The molecule has 0 amide bonds. The summed E-state index contributed by atoms with van der Waals surface area (Å²) in [6, 6.07) is 8.71. The van der Waals surface area contributed by atoms with Gasteiger partial charge in [-0.15, -0.1) is 0 Å². The minimum absolute atomic E-state index is 0.0207. The molecular formula is C18H14F3NO4S. The van der Waals surface area contributed by atoms with Crippen LogP contribution in [-0.4, -0.2) is 28.2 Å². The molecule has 0 aromatic heterocycles. The molecule has 1 aliphatic heterocycles. The molecule has 0 saturated heterocycles. The summed E-state index contributed by atoms with van der Waals surface area (Å²) < 4.78 is 75.5. The van der Waals surface area contributed by atoms with Gasteiger partial charge in [-0.25, -0.2) is 8.42 Å². The quantitative estimate of drug-likeness (QED) is 0.809. The number of halogens is 3. The van der Waals surface area contributed by atoms with Crippen LogP contribution >= 0.6 is 0 Å². The zero-order valence-electron chi connectivity index (χ0n) is 13.8. The van der Waals surface area contributed by atoms with Crippen LogP contribution < -0.4 is 14.2 Å². The molecule has 27 heavy (non-hydrogen) atoms. The molecule has 0 bridgehead atoms. The third kappa shape index (κ3) is 4.72. The highest BCUT2D eigenvalue weighted by Crippen LogP contribution is 2.32. The van der Waals surface area contributed by atoms with Gasteiger partial charge < -0.3 is 9.47 Å². The van der Waals surface area contributed by atoms with E-state index in [4.69, 9.17) is 9.47 Å². The van der Waals surface area contributed by atoms with Gasteiger partial charge in [0.1, 0.15) is 13.2 Å². The van der Waals surface area contributed by atoms with Crippen molar-refractivity contribution >= 4 is 10.0 Å². The lowest BCUT2D eigenvalue weighted by molar-refractivity contribution is -0.137. The summed E-state index contributed by atoms with van der Waals surface area (Å²) >= 11 is 0. The van der Waals surface area contributed by atoms with E-state index in [-0.39, 0.29) is 17.0 Å². The molecule has 0 spiro atoms. The molecule has 1 N–H and O–H groups in total. The number of hydrogen-bond acceptors (Lipinski definition) is 4. The van der Waals surface area contributed by atoms with E-state index in [1.165, 1.54) is 30.3 Å². The van der Waals surface area contributed by atoms with Gasteiger partial charge in [0.2, 0.25) is 10.0 Å².